The molecule has 1 heterocycles. The standard InChI is InChI=1S/C7H7N3O4/c1-4(11)10-6-8-2-5(3-9-6)14-7(12)13/h2-3H,1H3,(H,12,13)(H,8,9,10,11). The highest BCUT2D eigenvalue weighted by Crippen LogP contribution is 2.08. The van der Waals surface area contributed by atoms with Gasteiger partial charge in [0.2, 0.25) is 11.9 Å². The van der Waals surface area contributed by atoms with Gasteiger partial charge in [-0.2, -0.15) is 0 Å². The minimum absolute atomic E-state index is 0.00778. The molecule has 0 saturated carbocycles. The minimum atomic E-state index is -1.44. The van der Waals surface area contributed by atoms with Crippen molar-refractivity contribution in [3.05, 3.63) is 12.4 Å². The summed E-state index contributed by atoms with van der Waals surface area (Å²) in [4.78, 5) is 27.9. The molecule has 74 valence electrons. The van der Waals surface area contributed by atoms with Crippen LogP contribution in [0.25, 0.3) is 0 Å². The van der Waals surface area contributed by atoms with Crippen LogP contribution in [0.4, 0.5) is 10.7 Å². The van der Waals surface area contributed by atoms with Crippen LogP contribution in [0.3, 0.4) is 0 Å². The topological polar surface area (TPSA) is 101 Å². The van der Waals surface area contributed by atoms with E-state index in [4.69, 9.17) is 5.11 Å². The van der Waals surface area contributed by atoms with Gasteiger partial charge in [0.15, 0.2) is 5.75 Å². The van der Waals surface area contributed by atoms with Gasteiger partial charge < -0.3 is 9.84 Å². The van der Waals surface area contributed by atoms with E-state index in [1.807, 2.05) is 0 Å². The lowest BCUT2D eigenvalue weighted by Gasteiger charge is -2.00. The van der Waals surface area contributed by atoms with E-state index in [-0.39, 0.29) is 17.6 Å². The van der Waals surface area contributed by atoms with E-state index in [2.05, 4.69) is 20.0 Å². The van der Waals surface area contributed by atoms with Crippen molar-refractivity contribution in [2.75, 3.05) is 5.32 Å². The smallest absolute Gasteiger partial charge is 0.449 e. The Morgan fingerprint density at radius 2 is 2.00 bits per heavy atom. The van der Waals surface area contributed by atoms with Crippen LogP contribution in [0.1, 0.15) is 6.92 Å². The van der Waals surface area contributed by atoms with Gasteiger partial charge in [-0.25, -0.2) is 14.8 Å². The summed E-state index contributed by atoms with van der Waals surface area (Å²) in [5.74, 6) is -0.223. The van der Waals surface area contributed by atoms with Crippen molar-refractivity contribution in [2.24, 2.45) is 0 Å². The van der Waals surface area contributed by atoms with Gasteiger partial charge in [-0.3, -0.25) is 10.1 Å². The molecule has 7 nitrogen and oxygen atoms in total. The van der Waals surface area contributed by atoms with Crippen LogP contribution in [0, 0.1) is 0 Å². The second kappa shape index (κ2) is 4.17. The fourth-order valence-electron chi connectivity index (χ4n) is 0.692. The second-order valence-corrected chi connectivity index (χ2v) is 2.29. The molecule has 1 rings (SSSR count). The molecule has 0 saturated heterocycles. The first-order chi connectivity index (χ1) is 6.58. The van der Waals surface area contributed by atoms with Crippen molar-refractivity contribution >= 4 is 18.0 Å². The lowest BCUT2D eigenvalue weighted by atomic mass is 10.6. The summed E-state index contributed by atoms with van der Waals surface area (Å²) in [5.41, 5.74) is 0. The minimum Gasteiger partial charge on any atom is -0.449 e. The first-order valence-electron chi connectivity index (χ1n) is 3.58. The zero-order valence-electron chi connectivity index (χ0n) is 7.22. The molecule has 0 aliphatic carbocycles. The quantitative estimate of drug-likeness (QED) is 0.669. The SMILES string of the molecule is CC(=O)Nc1ncc(OC(=O)O)cn1. The molecule has 0 aliphatic rings. The maximum atomic E-state index is 10.6. The lowest BCUT2D eigenvalue weighted by Crippen LogP contribution is -2.09. The van der Waals surface area contributed by atoms with Crippen molar-refractivity contribution in [1.82, 2.24) is 9.97 Å². The Morgan fingerprint density at radius 3 is 2.43 bits per heavy atom. The van der Waals surface area contributed by atoms with E-state index in [0.29, 0.717) is 0 Å². The maximum absolute atomic E-state index is 10.6. The zero-order valence-corrected chi connectivity index (χ0v) is 7.22. The molecule has 0 radical (unpaired) electrons. The summed E-state index contributed by atoms with van der Waals surface area (Å²) in [5, 5.41) is 10.6. The highest BCUT2D eigenvalue weighted by atomic mass is 16.7. The number of nitrogens with zero attached hydrogens (tertiary/aromatic N) is 2. The van der Waals surface area contributed by atoms with Crippen LogP contribution in [0.15, 0.2) is 12.4 Å². The van der Waals surface area contributed by atoms with Gasteiger partial charge in [0.25, 0.3) is 0 Å². The molecular formula is C7H7N3O4. The largest absolute Gasteiger partial charge is 0.511 e. The number of amides is 1. The van der Waals surface area contributed by atoms with Gasteiger partial charge in [0.1, 0.15) is 0 Å². The number of ether oxygens (including phenoxy) is 1. The van der Waals surface area contributed by atoms with E-state index in [9.17, 15) is 9.59 Å². The first-order valence-corrected chi connectivity index (χ1v) is 3.58. The second-order valence-electron chi connectivity index (χ2n) is 2.29. The summed E-state index contributed by atoms with van der Waals surface area (Å²) < 4.78 is 4.25. The Hall–Kier alpha value is -2.18. The van der Waals surface area contributed by atoms with E-state index in [0.717, 1.165) is 12.4 Å². The number of carboxylic acid groups (broad SMARTS) is 1. The molecule has 0 bridgehead atoms. The highest BCUT2D eigenvalue weighted by molar-refractivity contribution is 5.86. The number of rotatable bonds is 2. The van der Waals surface area contributed by atoms with Crippen LogP contribution < -0.4 is 10.1 Å². The third-order valence-electron chi connectivity index (χ3n) is 1.12. The predicted octanol–water partition coefficient (Wildman–Crippen LogP) is 0.492. The van der Waals surface area contributed by atoms with Gasteiger partial charge >= 0.3 is 6.16 Å². The molecule has 0 fully saturated rings. The van der Waals surface area contributed by atoms with Crippen molar-refractivity contribution < 1.29 is 19.4 Å². The van der Waals surface area contributed by atoms with E-state index in [1.165, 1.54) is 6.92 Å². The fraction of sp³-hybridized carbons (Fsp3) is 0.143. The normalized spacial score (nSPS) is 9.21. The average Bonchev–Trinajstić information content (AvgIpc) is 2.06. The van der Waals surface area contributed by atoms with Gasteiger partial charge in [-0.15, -0.1) is 0 Å². The van der Waals surface area contributed by atoms with E-state index in [1.54, 1.807) is 0 Å². The van der Waals surface area contributed by atoms with Crippen molar-refractivity contribution in [3.63, 3.8) is 0 Å². The Labute approximate surface area is 78.7 Å². The maximum Gasteiger partial charge on any atom is 0.511 e. The number of anilines is 1. The van der Waals surface area contributed by atoms with Crippen molar-refractivity contribution in [3.8, 4) is 5.75 Å². The molecule has 0 aromatic carbocycles. The van der Waals surface area contributed by atoms with Crippen LogP contribution in [-0.2, 0) is 4.79 Å². The molecule has 0 spiro atoms. The Morgan fingerprint density at radius 1 is 1.43 bits per heavy atom. The molecular weight excluding hydrogens is 190 g/mol. The number of hydrogen-bond donors (Lipinski definition) is 2. The molecule has 7 heteroatoms. The third-order valence-corrected chi connectivity index (χ3v) is 1.12. The van der Waals surface area contributed by atoms with E-state index < -0.39 is 6.16 Å². The molecule has 0 aliphatic heterocycles. The average molecular weight is 197 g/mol. The Kier molecular flexibility index (Phi) is 2.95. The van der Waals surface area contributed by atoms with E-state index >= 15 is 0 Å². The first kappa shape index (κ1) is 9.90. The summed E-state index contributed by atoms with van der Waals surface area (Å²) in [7, 11) is 0. The molecule has 1 aromatic heterocycles. The molecule has 0 unspecified atom stereocenters. The van der Waals surface area contributed by atoms with Crippen molar-refractivity contribution in [1.29, 1.82) is 0 Å². The fourth-order valence-corrected chi connectivity index (χ4v) is 0.692. The molecule has 14 heavy (non-hydrogen) atoms. The summed E-state index contributed by atoms with van der Waals surface area (Å²) in [6.45, 7) is 1.31. The lowest BCUT2D eigenvalue weighted by molar-refractivity contribution is -0.114. The molecule has 1 aromatic rings. The molecule has 0 atom stereocenters. The highest BCUT2D eigenvalue weighted by Gasteiger charge is 2.03. The Bertz CT molecular complexity index is 313. The van der Waals surface area contributed by atoms with Crippen LogP contribution >= 0.6 is 0 Å². The summed E-state index contributed by atoms with van der Waals surface area (Å²) >= 11 is 0. The monoisotopic (exact) mass is 197 g/mol. The number of nitrogens with one attached hydrogen (secondary N) is 1. The molecule has 2 N–H and O–H groups in total. The molecule has 1 amide bonds. The van der Waals surface area contributed by atoms with Gasteiger partial charge in [-0.1, -0.05) is 0 Å². The predicted molar refractivity (Wildman–Crippen MR) is 45.0 cm³/mol. The van der Waals surface area contributed by atoms with Gasteiger partial charge in [0, 0.05) is 6.92 Å². The number of carbonyl (C=O) groups is 2. The van der Waals surface area contributed by atoms with Crippen LogP contribution in [0.5, 0.6) is 5.75 Å². The number of carbonyl (C=O) groups excluding carboxylic acids is 1. The Balaban J connectivity index is 2.68. The number of hydrogen-bond acceptors (Lipinski definition) is 5. The van der Waals surface area contributed by atoms with Gasteiger partial charge in [-0.05, 0) is 0 Å². The van der Waals surface area contributed by atoms with Gasteiger partial charge in [0.05, 0.1) is 12.4 Å². The number of aromatic nitrogens is 2. The summed E-state index contributed by atoms with van der Waals surface area (Å²) in [6, 6.07) is 0. The third kappa shape index (κ3) is 3.05. The zero-order chi connectivity index (χ0) is 10.6. The van der Waals surface area contributed by atoms with Crippen LogP contribution in [0.2, 0.25) is 0 Å². The van der Waals surface area contributed by atoms with Crippen molar-refractivity contribution in [2.45, 2.75) is 6.92 Å². The van der Waals surface area contributed by atoms with Crippen LogP contribution in [-0.4, -0.2) is 27.1 Å². The summed E-state index contributed by atoms with van der Waals surface area (Å²) in [6.07, 6.45) is 0.847.